The van der Waals surface area contributed by atoms with Gasteiger partial charge in [-0.3, -0.25) is 10.1 Å². The smallest absolute Gasteiger partial charge is 0.350 e. The van der Waals surface area contributed by atoms with Crippen LogP contribution in [-0.4, -0.2) is 30.1 Å². The van der Waals surface area contributed by atoms with Crippen LogP contribution in [0.1, 0.15) is 27.9 Å². The van der Waals surface area contributed by atoms with E-state index in [0.717, 1.165) is 16.9 Å². The van der Waals surface area contributed by atoms with E-state index in [0.29, 0.717) is 21.5 Å². The lowest BCUT2D eigenvalue weighted by atomic mass is 10.2. The van der Waals surface area contributed by atoms with Crippen molar-refractivity contribution >= 4 is 28.3 Å². The molecule has 2 aromatic rings. The van der Waals surface area contributed by atoms with Crippen LogP contribution in [0.4, 0.5) is 5.13 Å². The van der Waals surface area contributed by atoms with Gasteiger partial charge in [0, 0.05) is 0 Å². The monoisotopic (exact) mass is 334 g/mol. The number of methoxy groups -OCH3 is 1. The van der Waals surface area contributed by atoms with Crippen molar-refractivity contribution in [3.8, 4) is 5.75 Å². The first-order valence-corrected chi connectivity index (χ1v) is 7.82. The highest BCUT2D eigenvalue weighted by Crippen LogP contribution is 2.23. The first kappa shape index (κ1) is 17.0. The predicted octanol–water partition coefficient (Wildman–Crippen LogP) is 2.95. The van der Waals surface area contributed by atoms with Crippen molar-refractivity contribution in [3.63, 3.8) is 0 Å². The minimum atomic E-state index is -0.692. The Kier molecular flexibility index (Phi) is 5.33. The summed E-state index contributed by atoms with van der Waals surface area (Å²) in [6.07, 6.45) is -0.692. The summed E-state index contributed by atoms with van der Waals surface area (Å²) in [5.41, 5.74) is 1.57. The number of benzene rings is 1. The number of nitrogens with zero attached hydrogens (tertiary/aromatic N) is 1. The maximum atomic E-state index is 12.2. The molecule has 1 aromatic carbocycles. The molecule has 0 unspecified atom stereocenters. The van der Waals surface area contributed by atoms with Crippen LogP contribution in [0.3, 0.4) is 0 Å². The SMILES string of the molecule is COC(=O)c1sc(NC(=O)[C@H](C)Oc2cccc(C)c2)nc1C. The molecule has 0 spiro atoms. The Morgan fingerprint density at radius 2 is 2.04 bits per heavy atom. The summed E-state index contributed by atoms with van der Waals surface area (Å²) in [6, 6.07) is 7.46. The molecule has 0 bridgehead atoms. The fourth-order valence-corrected chi connectivity index (χ4v) is 2.77. The minimum absolute atomic E-state index is 0.336. The normalized spacial score (nSPS) is 11.7. The number of aryl methyl sites for hydroxylation is 2. The number of nitrogens with one attached hydrogen (secondary N) is 1. The quantitative estimate of drug-likeness (QED) is 0.851. The molecule has 2 rings (SSSR count). The number of carbonyl (C=O) groups is 2. The van der Waals surface area contributed by atoms with Crippen LogP contribution in [0, 0.1) is 13.8 Å². The van der Waals surface area contributed by atoms with Crippen LogP contribution < -0.4 is 10.1 Å². The van der Waals surface area contributed by atoms with Gasteiger partial charge in [0.1, 0.15) is 10.6 Å². The number of rotatable bonds is 5. The molecule has 1 N–H and O–H groups in total. The lowest BCUT2D eigenvalue weighted by Crippen LogP contribution is -2.30. The number of ether oxygens (including phenoxy) is 2. The van der Waals surface area contributed by atoms with Gasteiger partial charge in [-0.1, -0.05) is 23.5 Å². The Hall–Kier alpha value is -2.41. The number of aromatic nitrogens is 1. The Balaban J connectivity index is 2.02. The largest absolute Gasteiger partial charge is 0.481 e. The number of amides is 1. The molecule has 1 heterocycles. The van der Waals surface area contributed by atoms with E-state index in [9.17, 15) is 9.59 Å². The van der Waals surface area contributed by atoms with Crippen molar-refractivity contribution in [2.75, 3.05) is 12.4 Å². The molecular weight excluding hydrogens is 316 g/mol. The number of hydrogen-bond acceptors (Lipinski definition) is 6. The van der Waals surface area contributed by atoms with E-state index in [1.807, 2.05) is 25.1 Å². The number of carbonyl (C=O) groups excluding carboxylic acids is 2. The lowest BCUT2D eigenvalue weighted by Gasteiger charge is -2.14. The summed E-state index contributed by atoms with van der Waals surface area (Å²) in [5.74, 6) is -0.181. The third kappa shape index (κ3) is 4.29. The van der Waals surface area contributed by atoms with Crippen LogP contribution in [0.5, 0.6) is 5.75 Å². The molecule has 0 fully saturated rings. The van der Waals surface area contributed by atoms with Crippen molar-refractivity contribution < 1.29 is 19.1 Å². The highest BCUT2D eigenvalue weighted by atomic mass is 32.1. The highest BCUT2D eigenvalue weighted by molar-refractivity contribution is 7.17. The van der Waals surface area contributed by atoms with Crippen molar-refractivity contribution in [2.24, 2.45) is 0 Å². The molecule has 0 aliphatic heterocycles. The van der Waals surface area contributed by atoms with E-state index in [4.69, 9.17) is 4.74 Å². The first-order valence-electron chi connectivity index (χ1n) is 7.00. The Labute approximate surface area is 138 Å². The van der Waals surface area contributed by atoms with Gasteiger partial charge in [0.15, 0.2) is 11.2 Å². The fourth-order valence-electron chi connectivity index (χ4n) is 1.89. The topological polar surface area (TPSA) is 77.5 Å². The standard InChI is InChI=1S/C16H18N2O4S/c1-9-6-5-7-12(8-9)22-11(3)14(19)18-16-17-10(2)13(23-16)15(20)21-4/h5-8,11H,1-4H3,(H,17,18,19)/t11-/m0/s1. The van der Waals surface area contributed by atoms with Gasteiger partial charge in [-0.15, -0.1) is 0 Å². The van der Waals surface area contributed by atoms with Crippen molar-refractivity contribution in [1.29, 1.82) is 0 Å². The maximum absolute atomic E-state index is 12.2. The molecule has 0 saturated heterocycles. The van der Waals surface area contributed by atoms with Crippen LogP contribution in [-0.2, 0) is 9.53 Å². The van der Waals surface area contributed by atoms with Gasteiger partial charge < -0.3 is 9.47 Å². The molecule has 6 nitrogen and oxygen atoms in total. The van der Waals surface area contributed by atoms with Crippen molar-refractivity contribution in [3.05, 3.63) is 40.4 Å². The van der Waals surface area contributed by atoms with Crippen LogP contribution in [0.2, 0.25) is 0 Å². The van der Waals surface area contributed by atoms with E-state index >= 15 is 0 Å². The molecule has 1 atom stereocenters. The molecule has 0 radical (unpaired) electrons. The summed E-state index contributed by atoms with van der Waals surface area (Å²) < 4.78 is 10.3. The molecule has 23 heavy (non-hydrogen) atoms. The van der Waals surface area contributed by atoms with Crippen molar-refractivity contribution in [2.45, 2.75) is 26.9 Å². The van der Waals surface area contributed by atoms with Gasteiger partial charge in [0.25, 0.3) is 5.91 Å². The first-order chi connectivity index (χ1) is 10.9. The van der Waals surface area contributed by atoms with Gasteiger partial charge in [0.05, 0.1) is 12.8 Å². The Morgan fingerprint density at radius 3 is 2.70 bits per heavy atom. The van der Waals surface area contributed by atoms with Crippen molar-refractivity contribution in [1.82, 2.24) is 4.98 Å². The van der Waals surface area contributed by atoms with E-state index in [-0.39, 0.29) is 5.91 Å². The summed E-state index contributed by atoms with van der Waals surface area (Å²) >= 11 is 1.07. The van der Waals surface area contributed by atoms with E-state index in [1.165, 1.54) is 7.11 Å². The molecule has 0 aliphatic rings. The van der Waals surface area contributed by atoms with Crippen LogP contribution in [0.25, 0.3) is 0 Å². The second-order valence-electron chi connectivity index (χ2n) is 4.99. The second-order valence-corrected chi connectivity index (χ2v) is 5.99. The average Bonchev–Trinajstić information content (AvgIpc) is 2.87. The highest BCUT2D eigenvalue weighted by Gasteiger charge is 2.20. The number of hydrogen-bond donors (Lipinski definition) is 1. The molecule has 7 heteroatoms. The van der Waals surface area contributed by atoms with Gasteiger partial charge in [0.2, 0.25) is 0 Å². The molecule has 0 saturated carbocycles. The zero-order valence-electron chi connectivity index (χ0n) is 13.4. The zero-order valence-corrected chi connectivity index (χ0v) is 14.2. The zero-order chi connectivity index (χ0) is 17.0. The summed E-state index contributed by atoms with van der Waals surface area (Å²) in [4.78, 5) is 28.3. The molecule has 0 aliphatic carbocycles. The van der Waals surface area contributed by atoms with Gasteiger partial charge in [-0.05, 0) is 38.5 Å². The summed E-state index contributed by atoms with van der Waals surface area (Å²) in [5, 5.41) is 2.99. The summed E-state index contributed by atoms with van der Waals surface area (Å²) in [7, 11) is 1.30. The fraction of sp³-hybridized carbons (Fsp3) is 0.312. The third-order valence-corrected chi connectivity index (χ3v) is 4.12. The lowest BCUT2D eigenvalue weighted by molar-refractivity contribution is -0.122. The van der Waals surface area contributed by atoms with E-state index in [1.54, 1.807) is 19.9 Å². The predicted molar refractivity (Wildman–Crippen MR) is 88.1 cm³/mol. The summed E-state index contributed by atoms with van der Waals surface area (Å²) in [6.45, 7) is 5.29. The van der Waals surface area contributed by atoms with Crippen LogP contribution >= 0.6 is 11.3 Å². The van der Waals surface area contributed by atoms with Gasteiger partial charge in [-0.2, -0.15) is 0 Å². The molecule has 1 aromatic heterocycles. The minimum Gasteiger partial charge on any atom is -0.481 e. The Bertz CT molecular complexity index is 727. The number of thiazole rings is 1. The molecular formula is C16H18N2O4S. The third-order valence-electron chi connectivity index (χ3n) is 3.07. The molecule has 122 valence electrons. The number of anilines is 1. The molecule has 1 amide bonds. The van der Waals surface area contributed by atoms with Gasteiger partial charge >= 0.3 is 5.97 Å². The van der Waals surface area contributed by atoms with Gasteiger partial charge in [-0.25, -0.2) is 9.78 Å². The maximum Gasteiger partial charge on any atom is 0.350 e. The average molecular weight is 334 g/mol. The Morgan fingerprint density at radius 1 is 1.30 bits per heavy atom. The second kappa shape index (κ2) is 7.23. The van der Waals surface area contributed by atoms with Crippen LogP contribution in [0.15, 0.2) is 24.3 Å². The number of esters is 1. The van der Waals surface area contributed by atoms with E-state index in [2.05, 4.69) is 15.0 Å². The van der Waals surface area contributed by atoms with E-state index < -0.39 is 12.1 Å².